The molecule has 0 unspecified atom stereocenters. The van der Waals surface area contributed by atoms with Crippen molar-refractivity contribution in [2.24, 2.45) is 0 Å². The first-order valence-electron chi connectivity index (χ1n) is 9.71. The standard InChI is InChI=1S/C25H22ClNO4/c1-3-31-22-13-9-17(15-23(22)30-2)10-14-24(28)27-21-12-11-19(26)16-20(21)25(29)18-7-5-4-6-8-18/h4-16H,3H2,1-2H3,(H,27,28)/b14-10+. The van der Waals surface area contributed by atoms with E-state index >= 15 is 0 Å². The van der Waals surface area contributed by atoms with E-state index < -0.39 is 0 Å². The zero-order valence-electron chi connectivity index (χ0n) is 17.2. The highest BCUT2D eigenvalue weighted by Crippen LogP contribution is 2.28. The number of hydrogen-bond acceptors (Lipinski definition) is 4. The molecule has 0 radical (unpaired) electrons. The monoisotopic (exact) mass is 435 g/mol. The van der Waals surface area contributed by atoms with Gasteiger partial charge in [0, 0.05) is 22.2 Å². The van der Waals surface area contributed by atoms with Crippen LogP contribution in [0.5, 0.6) is 11.5 Å². The van der Waals surface area contributed by atoms with Gasteiger partial charge >= 0.3 is 0 Å². The average molecular weight is 436 g/mol. The van der Waals surface area contributed by atoms with Gasteiger partial charge in [-0.15, -0.1) is 0 Å². The van der Waals surface area contributed by atoms with Crippen molar-refractivity contribution in [3.8, 4) is 11.5 Å². The maximum Gasteiger partial charge on any atom is 0.248 e. The van der Waals surface area contributed by atoms with Gasteiger partial charge in [0.2, 0.25) is 5.91 Å². The SMILES string of the molecule is CCOc1ccc(/C=C/C(=O)Nc2ccc(Cl)cc2C(=O)c2ccccc2)cc1OC. The molecule has 6 heteroatoms. The van der Waals surface area contributed by atoms with Crippen LogP contribution in [0.4, 0.5) is 5.69 Å². The van der Waals surface area contributed by atoms with Crippen LogP contribution in [0.25, 0.3) is 6.08 Å². The van der Waals surface area contributed by atoms with Gasteiger partial charge in [-0.3, -0.25) is 9.59 Å². The predicted molar refractivity (Wildman–Crippen MR) is 123 cm³/mol. The Morgan fingerprint density at radius 2 is 1.77 bits per heavy atom. The van der Waals surface area contributed by atoms with Gasteiger partial charge in [0.25, 0.3) is 0 Å². The van der Waals surface area contributed by atoms with Crippen LogP contribution < -0.4 is 14.8 Å². The minimum atomic E-state index is -0.378. The molecule has 0 fully saturated rings. The second-order valence-electron chi connectivity index (χ2n) is 6.55. The van der Waals surface area contributed by atoms with E-state index in [-0.39, 0.29) is 11.7 Å². The van der Waals surface area contributed by atoms with Crippen LogP contribution in [0.1, 0.15) is 28.4 Å². The normalized spacial score (nSPS) is 10.7. The second kappa shape index (κ2) is 10.5. The number of ketones is 1. The summed E-state index contributed by atoms with van der Waals surface area (Å²) in [4.78, 5) is 25.4. The summed E-state index contributed by atoms with van der Waals surface area (Å²) >= 11 is 6.09. The number of anilines is 1. The van der Waals surface area contributed by atoms with Crippen LogP contribution in [0.2, 0.25) is 5.02 Å². The van der Waals surface area contributed by atoms with E-state index in [9.17, 15) is 9.59 Å². The quantitative estimate of drug-likeness (QED) is 0.368. The van der Waals surface area contributed by atoms with Gasteiger partial charge in [0.05, 0.1) is 19.4 Å². The van der Waals surface area contributed by atoms with Gasteiger partial charge < -0.3 is 14.8 Å². The fraction of sp³-hybridized carbons (Fsp3) is 0.120. The lowest BCUT2D eigenvalue weighted by molar-refractivity contribution is -0.111. The molecular weight excluding hydrogens is 414 g/mol. The molecule has 0 heterocycles. The second-order valence-corrected chi connectivity index (χ2v) is 6.99. The molecule has 0 spiro atoms. The van der Waals surface area contributed by atoms with Crippen LogP contribution in [0.3, 0.4) is 0 Å². The molecule has 0 aliphatic heterocycles. The molecule has 31 heavy (non-hydrogen) atoms. The molecule has 0 saturated carbocycles. The van der Waals surface area contributed by atoms with Crippen molar-refractivity contribution in [3.63, 3.8) is 0 Å². The summed E-state index contributed by atoms with van der Waals surface area (Å²) in [5, 5.41) is 3.17. The summed E-state index contributed by atoms with van der Waals surface area (Å²) in [6.45, 7) is 2.42. The number of halogens is 1. The summed E-state index contributed by atoms with van der Waals surface area (Å²) in [6.07, 6.45) is 3.04. The van der Waals surface area contributed by atoms with E-state index in [1.165, 1.54) is 6.08 Å². The van der Waals surface area contributed by atoms with Gasteiger partial charge in [-0.2, -0.15) is 0 Å². The van der Waals surface area contributed by atoms with Gasteiger partial charge in [-0.25, -0.2) is 0 Å². The largest absolute Gasteiger partial charge is 0.493 e. The molecular formula is C25H22ClNO4. The maximum absolute atomic E-state index is 12.9. The predicted octanol–water partition coefficient (Wildman–Crippen LogP) is 5.63. The molecule has 158 valence electrons. The Kier molecular flexibility index (Phi) is 7.46. The van der Waals surface area contributed by atoms with Crippen LogP contribution in [-0.4, -0.2) is 25.4 Å². The molecule has 0 saturated heterocycles. The Labute approximate surface area is 186 Å². The minimum Gasteiger partial charge on any atom is -0.493 e. The van der Waals surface area contributed by atoms with Gasteiger partial charge in [0.1, 0.15) is 0 Å². The fourth-order valence-corrected chi connectivity index (χ4v) is 3.14. The van der Waals surface area contributed by atoms with E-state index in [4.69, 9.17) is 21.1 Å². The Bertz CT molecular complexity index is 1110. The Hall–Kier alpha value is -3.57. The molecule has 0 aliphatic carbocycles. The number of rotatable bonds is 8. The van der Waals surface area contributed by atoms with Crippen LogP contribution in [0, 0.1) is 0 Å². The maximum atomic E-state index is 12.9. The lowest BCUT2D eigenvalue weighted by Gasteiger charge is -2.10. The molecule has 3 aromatic rings. The Morgan fingerprint density at radius 3 is 2.48 bits per heavy atom. The Balaban J connectivity index is 1.79. The number of carbonyl (C=O) groups is 2. The van der Waals surface area contributed by atoms with Crippen molar-refractivity contribution < 1.29 is 19.1 Å². The molecule has 5 nitrogen and oxygen atoms in total. The number of carbonyl (C=O) groups excluding carboxylic acids is 2. The van der Waals surface area contributed by atoms with E-state index in [1.807, 2.05) is 19.1 Å². The van der Waals surface area contributed by atoms with Gasteiger partial charge in [0.15, 0.2) is 17.3 Å². The van der Waals surface area contributed by atoms with E-state index in [1.54, 1.807) is 67.8 Å². The summed E-state index contributed by atoms with van der Waals surface area (Å²) in [7, 11) is 1.56. The zero-order chi connectivity index (χ0) is 22.2. The lowest BCUT2D eigenvalue weighted by atomic mass is 10.0. The number of methoxy groups -OCH3 is 1. The summed E-state index contributed by atoms with van der Waals surface area (Å²) in [5.74, 6) is 0.616. The summed E-state index contributed by atoms with van der Waals surface area (Å²) < 4.78 is 10.8. The number of nitrogens with one attached hydrogen (secondary N) is 1. The van der Waals surface area contributed by atoms with E-state index in [0.29, 0.717) is 39.9 Å². The third-order valence-corrected chi connectivity index (χ3v) is 4.67. The first-order valence-corrected chi connectivity index (χ1v) is 10.1. The lowest BCUT2D eigenvalue weighted by Crippen LogP contribution is -2.12. The topological polar surface area (TPSA) is 64.6 Å². The highest BCUT2D eigenvalue weighted by molar-refractivity contribution is 6.31. The summed E-state index contributed by atoms with van der Waals surface area (Å²) in [6, 6.07) is 19.0. The third-order valence-electron chi connectivity index (χ3n) is 4.43. The highest BCUT2D eigenvalue weighted by Gasteiger charge is 2.15. The van der Waals surface area contributed by atoms with Crippen LogP contribution >= 0.6 is 11.6 Å². The first kappa shape index (κ1) is 22.1. The van der Waals surface area contributed by atoms with E-state index in [2.05, 4.69) is 5.32 Å². The van der Waals surface area contributed by atoms with Gasteiger partial charge in [-0.1, -0.05) is 48.0 Å². The average Bonchev–Trinajstić information content (AvgIpc) is 2.79. The molecule has 3 rings (SSSR count). The molecule has 0 atom stereocenters. The molecule has 3 aromatic carbocycles. The third kappa shape index (κ3) is 5.74. The first-order chi connectivity index (χ1) is 15.0. The van der Waals surface area contributed by atoms with Crippen molar-refractivity contribution in [2.75, 3.05) is 19.0 Å². The van der Waals surface area contributed by atoms with E-state index in [0.717, 1.165) is 5.56 Å². The van der Waals surface area contributed by atoms with Crippen LogP contribution in [-0.2, 0) is 4.79 Å². The Morgan fingerprint density at radius 1 is 1.00 bits per heavy atom. The van der Waals surface area contributed by atoms with Crippen molar-refractivity contribution in [1.29, 1.82) is 0 Å². The highest BCUT2D eigenvalue weighted by atomic mass is 35.5. The molecule has 1 amide bonds. The van der Waals surface area contributed by atoms with Crippen molar-refractivity contribution in [2.45, 2.75) is 6.92 Å². The molecule has 0 bridgehead atoms. The number of ether oxygens (including phenoxy) is 2. The zero-order valence-corrected chi connectivity index (χ0v) is 18.0. The van der Waals surface area contributed by atoms with Crippen molar-refractivity contribution >= 4 is 35.1 Å². The molecule has 1 N–H and O–H groups in total. The smallest absolute Gasteiger partial charge is 0.248 e. The van der Waals surface area contributed by atoms with Crippen molar-refractivity contribution in [1.82, 2.24) is 0 Å². The molecule has 0 aliphatic rings. The number of hydrogen-bond donors (Lipinski definition) is 1. The fourth-order valence-electron chi connectivity index (χ4n) is 2.97. The van der Waals surface area contributed by atoms with Crippen molar-refractivity contribution in [3.05, 3.63) is 94.5 Å². The number of amides is 1. The molecule has 0 aromatic heterocycles. The van der Waals surface area contributed by atoms with Gasteiger partial charge in [-0.05, 0) is 48.9 Å². The van der Waals surface area contributed by atoms with Crippen LogP contribution in [0.15, 0.2) is 72.8 Å². The number of benzene rings is 3. The minimum absolute atomic E-state index is 0.223. The summed E-state index contributed by atoms with van der Waals surface area (Å²) in [5.41, 5.74) is 1.99.